The molecule has 0 N–H and O–H groups in total. The van der Waals surface area contributed by atoms with E-state index in [1.807, 2.05) is 26.0 Å². The highest BCUT2D eigenvalue weighted by atomic mass is 35.5. The van der Waals surface area contributed by atoms with Crippen LogP contribution in [0.4, 0.5) is 0 Å². The van der Waals surface area contributed by atoms with Crippen LogP contribution in [0, 0.1) is 30.6 Å². The Morgan fingerprint density at radius 2 is 1.95 bits per heavy atom. The normalized spacial score (nSPS) is 13.4. The van der Waals surface area contributed by atoms with Crippen molar-refractivity contribution in [3.05, 3.63) is 47.0 Å². The minimum absolute atomic E-state index is 0.0711. The Morgan fingerprint density at radius 3 is 2.45 bits per heavy atom. The van der Waals surface area contributed by atoms with Crippen molar-refractivity contribution in [1.29, 1.82) is 0 Å². The summed E-state index contributed by atoms with van der Waals surface area (Å²) < 4.78 is 5.39. The van der Waals surface area contributed by atoms with Crippen LogP contribution in [0.5, 0.6) is 0 Å². The number of carbonyl (C=O) groups is 1. The maximum absolute atomic E-state index is 12.4. The average molecular weight is 315 g/mol. The molecule has 3 heteroatoms. The molecule has 22 heavy (non-hydrogen) atoms. The summed E-state index contributed by atoms with van der Waals surface area (Å²) >= 11 is 5.89. The lowest BCUT2D eigenvalue weighted by Gasteiger charge is -2.21. The second-order valence-electron chi connectivity index (χ2n) is 5.13. The quantitative estimate of drug-likeness (QED) is 0.447. The largest absolute Gasteiger partial charge is 0.444 e. The molecule has 0 aliphatic heterocycles. The van der Waals surface area contributed by atoms with Crippen LogP contribution in [0.15, 0.2) is 36.4 Å². The van der Waals surface area contributed by atoms with E-state index in [9.17, 15) is 4.79 Å². The van der Waals surface area contributed by atoms with E-state index in [4.69, 9.17) is 29.2 Å². The SMILES string of the molecule is C#CCC=CC(C#C)OC(=O)C(c1ccc(Cl)cc1)C(C)C. The van der Waals surface area contributed by atoms with Crippen LogP contribution in [0.2, 0.25) is 5.02 Å². The second-order valence-corrected chi connectivity index (χ2v) is 5.57. The van der Waals surface area contributed by atoms with Gasteiger partial charge in [-0.2, -0.15) is 0 Å². The zero-order valence-corrected chi connectivity index (χ0v) is 13.5. The van der Waals surface area contributed by atoms with E-state index in [0.717, 1.165) is 5.56 Å². The van der Waals surface area contributed by atoms with E-state index in [0.29, 0.717) is 11.4 Å². The predicted octanol–water partition coefficient (Wildman–Crippen LogP) is 4.20. The predicted molar refractivity (Wildman–Crippen MR) is 90.3 cm³/mol. The van der Waals surface area contributed by atoms with Gasteiger partial charge in [-0.1, -0.05) is 49.6 Å². The maximum atomic E-state index is 12.4. The molecule has 0 saturated carbocycles. The van der Waals surface area contributed by atoms with Gasteiger partial charge in [-0.05, 0) is 29.7 Å². The number of benzene rings is 1. The van der Waals surface area contributed by atoms with Crippen LogP contribution in [0.25, 0.3) is 0 Å². The van der Waals surface area contributed by atoms with E-state index in [1.165, 1.54) is 0 Å². The molecule has 0 radical (unpaired) electrons. The van der Waals surface area contributed by atoms with Crippen molar-refractivity contribution >= 4 is 17.6 Å². The van der Waals surface area contributed by atoms with Gasteiger partial charge in [0.1, 0.15) is 0 Å². The van der Waals surface area contributed by atoms with Gasteiger partial charge in [-0.15, -0.1) is 18.8 Å². The molecule has 2 unspecified atom stereocenters. The number of hydrogen-bond acceptors (Lipinski definition) is 2. The topological polar surface area (TPSA) is 26.3 Å². The van der Waals surface area contributed by atoms with Crippen molar-refractivity contribution in [1.82, 2.24) is 0 Å². The Bertz CT molecular complexity index is 600. The lowest BCUT2D eigenvalue weighted by molar-refractivity contribution is -0.147. The Morgan fingerprint density at radius 1 is 1.32 bits per heavy atom. The summed E-state index contributed by atoms with van der Waals surface area (Å²) in [6, 6.07) is 7.16. The van der Waals surface area contributed by atoms with E-state index in [-0.39, 0.29) is 11.9 Å². The zero-order valence-electron chi connectivity index (χ0n) is 12.8. The second kappa shape index (κ2) is 8.98. The molecule has 0 aromatic heterocycles. The lowest BCUT2D eigenvalue weighted by Crippen LogP contribution is -2.24. The van der Waals surface area contributed by atoms with Crippen molar-refractivity contribution in [2.45, 2.75) is 32.3 Å². The average Bonchev–Trinajstić information content (AvgIpc) is 2.48. The van der Waals surface area contributed by atoms with E-state index in [1.54, 1.807) is 24.3 Å². The first kappa shape index (κ1) is 17.9. The highest BCUT2D eigenvalue weighted by Gasteiger charge is 2.27. The van der Waals surface area contributed by atoms with Crippen molar-refractivity contribution in [3.8, 4) is 24.7 Å². The van der Waals surface area contributed by atoms with Gasteiger partial charge in [0.05, 0.1) is 5.92 Å². The maximum Gasteiger partial charge on any atom is 0.315 e. The molecule has 114 valence electrons. The van der Waals surface area contributed by atoms with Gasteiger partial charge >= 0.3 is 5.97 Å². The fourth-order valence-electron chi connectivity index (χ4n) is 2.05. The monoisotopic (exact) mass is 314 g/mol. The molecule has 1 aromatic rings. The van der Waals surface area contributed by atoms with E-state index < -0.39 is 12.0 Å². The molecule has 0 saturated heterocycles. The molecule has 0 aliphatic carbocycles. The van der Waals surface area contributed by atoms with Crippen molar-refractivity contribution in [2.75, 3.05) is 0 Å². The molecule has 0 heterocycles. The first-order valence-electron chi connectivity index (χ1n) is 7.01. The van der Waals surface area contributed by atoms with Crippen molar-refractivity contribution in [2.24, 2.45) is 5.92 Å². The van der Waals surface area contributed by atoms with Crippen LogP contribution in [-0.2, 0) is 9.53 Å². The number of terminal acetylenes is 2. The molecule has 1 rings (SSSR count). The number of allylic oxidation sites excluding steroid dienone is 1. The molecule has 0 aliphatic rings. The van der Waals surface area contributed by atoms with Gasteiger partial charge in [0.25, 0.3) is 0 Å². The fraction of sp³-hybridized carbons (Fsp3) is 0.316. The summed E-state index contributed by atoms with van der Waals surface area (Å²) in [4.78, 5) is 12.4. The molecule has 2 nitrogen and oxygen atoms in total. The molecule has 2 atom stereocenters. The fourth-order valence-corrected chi connectivity index (χ4v) is 2.18. The van der Waals surface area contributed by atoms with Gasteiger partial charge in [0.15, 0.2) is 6.10 Å². The number of hydrogen-bond donors (Lipinski definition) is 0. The third-order valence-electron chi connectivity index (χ3n) is 3.10. The summed E-state index contributed by atoms with van der Waals surface area (Å²) in [5, 5.41) is 0.623. The standard InChI is InChI=1S/C19H19ClO2/c1-5-7-8-9-17(6-2)22-19(21)18(14(3)4)15-10-12-16(20)13-11-15/h1-2,8-14,17-18H,7H2,3-4H3. The van der Waals surface area contributed by atoms with Crippen LogP contribution >= 0.6 is 11.6 Å². The van der Waals surface area contributed by atoms with Crippen molar-refractivity contribution < 1.29 is 9.53 Å². The third kappa shape index (κ3) is 5.32. The van der Waals surface area contributed by atoms with E-state index in [2.05, 4.69) is 11.8 Å². The number of ether oxygens (including phenoxy) is 1. The molecule has 0 bridgehead atoms. The zero-order chi connectivity index (χ0) is 16.5. The summed E-state index contributed by atoms with van der Waals surface area (Å²) in [5.74, 6) is 4.21. The van der Waals surface area contributed by atoms with E-state index >= 15 is 0 Å². The Kier molecular flexibility index (Phi) is 7.30. The highest BCUT2D eigenvalue weighted by molar-refractivity contribution is 6.30. The molecule has 1 aromatic carbocycles. The number of rotatable bonds is 6. The van der Waals surface area contributed by atoms with Crippen LogP contribution in [0.3, 0.4) is 0 Å². The number of esters is 1. The number of halogens is 1. The van der Waals surface area contributed by atoms with Crippen LogP contribution in [0.1, 0.15) is 31.7 Å². The first-order chi connectivity index (χ1) is 10.5. The lowest BCUT2D eigenvalue weighted by atomic mass is 9.88. The smallest absolute Gasteiger partial charge is 0.315 e. The summed E-state index contributed by atoms with van der Waals surface area (Å²) in [6.07, 6.45) is 13.6. The van der Waals surface area contributed by atoms with Gasteiger partial charge in [-0.25, -0.2) is 0 Å². The van der Waals surface area contributed by atoms with Gasteiger partial charge in [-0.3, -0.25) is 4.79 Å². The molecule has 0 fully saturated rings. The van der Waals surface area contributed by atoms with Gasteiger partial charge < -0.3 is 4.74 Å². The summed E-state index contributed by atoms with van der Waals surface area (Å²) in [5.41, 5.74) is 0.854. The first-order valence-corrected chi connectivity index (χ1v) is 7.39. The molecular formula is C19H19ClO2. The Hall–Kier alpha value is -2.16. The Balaban J connectivity index is 2.88. The highest BCUT2D eigenvalue weighted by Crippen LogP contribution is 2.27. The summed E-state index contributed by atoms with van der Waals surface area (Å²) in [6.45, 7) is 3.92. The molecular weight excluding hydrogens is 296 g/mol. The Labute approximate surface area is 137 Å². The molecule has 0 spiro atoms. The van der Waals surface area contributed by atoms with Gasteiger partial charge in [0.2, 0.25) is 0 Å². The minimum atomic E-state index is -0.714. The molecule has 0 amide bonds. The van der Waals surface area contributed by atoms with Gasteiger partial charge in [0, 0.05) is 11.4 Å². The third-order valence-corrected chi connectivity index (χ3v) is 3.36. The minimum Gasteiger partial charge on any atom is -0.444 e. The van der Waals surface area contributed by atoms with Crippen LogP contribution < -0.4 is 0 Å². The van der Waals surface area contributed by atoms with Crippen molar-refractivity contribution in [3.63, 3.8) is 0 Å². The van der Waals surface area contributed by atoms with Crippen LogP contribution in [-0.4, -0.2) is 12.1 Å². The summed E-state index contributed by atoms with van der Waals surface area (Å²) in [7, 11) is 0. The number of carbonyl (C=O) groups excluding carboxylic acids is 1.